The Hall–Kier alpha value is -0.970. The van der Waals surface area contributed by atoms with E-state index in [2.05, 4.69) is 16.0 Å². The number of piperidine rings is 1. The van der Waals surface area contributed by atoms with Gasteiger partial charge in [0.2, 0.25) is 0 Å². The Morgan fingerprint density at radius 2 is 2.33 bits per heavy atom. The molecule has 2 rings (SSSR count). The normalized spacial score (nSPS) is 28.9. The van der Waals surface area contributed by atoms with Crippen LogP contribution in [0.1, 0.15) is 38.3 Å². The zero-order valence-corrected chi connectivity index (χ0v) is 11.2. The van der Waals surface area contributed by atoms with Gasteiger partial charge in [0.1, 0.15) is 0 Å². The molecule has 0 radical (unpaired) electrons. The molecule has 1 aliphatic rings. The first-order valence-electron chi connectivity index (χ1n) is 6.61. The molecule has 3 N–H and O–H groups in total. The van der Waals surface area contributed by atoms with Crippen molar-refractivity contribution in [3.63, 3.8) is 0 Å². The van der Waals surface area contributed by atoms with E-state index in [0.29, 0.717) is 6.54 Å². The molecule has 0 saturated carbocycles. The second-order valence-corrected chi connectivity index (χ2v) is 5.66. The molecule has 0 bridgehead atoms. The fraction of sp³-hybridized carbons (Fsp3) is 0.643. The maximum absolute atomic E-state index is 10.2. The molecule has 3 unspecified atom stereocenters. The van der Waals surface area contributed by atoms with Gasteiger partial charge in [-0.25, -0.2) is 0 Å². The molecule has 0 spiro atoms. The van der Waals surface area contributed by atoms with Gasteiger partial charge in [-0.1, -0.05) is 6.07 Å². The number of β-amino-alcohol motifs (C(OH)–C–C–N with tert-alkyl or cyclic N) is 1. The molecule has 0 amide bonds. The molecule has 4 nitrogen and oxygen atoms in total. The minimum atomic E-state index is -0.604. The maximum Gasteiger partial charge on any atom is 0.0746 e. The van der Waals surface area contributed by atoms with Crippen molar-refractivity contribution in [3.8, 4) is 0 Å². The van der Waals surface area contributed by atoms with Crippen LogP contribution in [0.15, 0.2) is 24.5 Å². The summed E-state index contributed by atoms with van der Waals surface area (Å²) in [5.74, 6) is 0. The van der Waals surface area contributed by atoms with Crippen molar-refractivity contribution >= 4 is 0 Å². The van der Waals surface area contributed by atoms with Crippen LogP contribution >= 0.6 is 0 Å². The van der Waals surface area contributed by atoms with Crippen molar-refractivity contribution in [2.75, 3.05) is 13.1 Å². The molecule has 1 fully saturated rings. The van der Waals surface area contributed by atoms with Crippen LogP contribution in [-0.2, 0) is 0 Å². The summed E-state index contributed by atoms with van der Waals surface area (Å²) in [6.45, 7) is 5.58. The molecule has 1 saturated heterocycles. The highest BCUT2D eigenvalue weighted by molar-refractivity contribution is 5.16. The molecule has 4 heteroatoms. The van der Waals surface area contributed by atoms with Crippen LogP contribution in [0.5, 0.6) is 0 Å². The standard InChI is InChI=1S/C14H23N3O/c1-11(15)13(12-5-3-7-16-9-12)17-8-4-6-14(2,18)10-17/h3,5,7,9,11,13,18H,4,6,8,10,15H2,1-2H3. The van der Waals surface area contributed by atoms with E-state index in [4.69, 9.17) is 5.73 Å². The summed E-state index contributed by atoms with van der Waals surface area (Å²) in [6, 6.07) is 4.14. The lowest BCUT2D eigenvalue weighted by Gasteiger charge is -2.42. The van der Waals surface area contributed by atoms with Gasteiger partial charge in [0.05, 0.1) is 11.6 Å². The van der Waals surface area contributed by atoms with E-state index in [0.717, 1.165) is 24.9 Å². The number of likely N-dealkylation sites (tertiary alicyclic amines) is 1. The van der Waals surface area contributed by atoms with Crippen molar-refractivity contribution in [1.82, 2.24) is 9.88 Å². The summed E-state index contributed by atoms with van der Waals surface area (Å²) >= 11 is 0. The van der Waals surface area contributed by atoms with Crippen molar-refractivity contribution < 1.29 is 5.11 Å². The quantitative estimate of drug-likeness (QED) is 0.848. The second-order valence-electron chi connectivity index (χ2n) is 5.66. The topological polar surface area (TPSA) is 62.4 Å². The molecule has 2 heterocycles. The van der Waals surface area contributed by atoms with E-state index in [-0.39, 0.29) is 12.1 Å². The van der Waals surface area contributed by atoms with E-state index < -0.39 is 5.60 Å². The number of pyridine rings is 1. The average Bonchev–Trinajstić information content (AvgIpc) is 2.28. The van der Waals surface area contributed by atoms with Gasteiger partial charge in [0.25, 0.3) is 0 Å². The summed E-state index contributed by atoms with van der Waals surface area (Å²) in [5, 5.41) is 10.2. The number of nitrogens with zero attached hydrogens (tertiary/aromatic N) is 2. The third-order valence-electron chi connectivity index (χ3n) is 3.62. The lowest BCUT2D eigenvalue weighted by molar-refractivity contribution is -0.0334. The molecule has 0 aromatic carbocycles. The first-order valence-corrected chi connectivity index (χ1v) is 6.61. The van der Waals surface area contributed by atoms with Gasteiger partial charge in [-0.05, 0) is 44.9 Å². The number of hydrogen-bond donors (Lipinski definition) is 2. The maximum atomic E-state index is 10.2. The van der Waals surface area contributed by atoms with Crippen molar-refractivity contribution in [2.24, 2.45) is 5.73 Å². The van der Waals surface area contributed by atoms with Gasteiger partial charge in [0.15, 0.2) is 0 Å². The zero-order chi connectivity index (χ0) is 13.2. The number of aromatic nitrogens is 1. The Morgan fingerprint density at radius 1 is 1.56 bits per heavy atom. The van der Waals surface area contributed by atoms with Crippen LogP contribution in [-0.4, -0.2) is 39.7 Å². The highest BCUT2D eigenvalue weighted by Crippen LogP contribution is 2.30. The van der Waals surface area contributed by atoms with E-state index in [9.17, 15) is 5.11 Å². The van der Waals surface area contributed by atoms with Crippen LogP contribution in [0.4, 0.5) is 0 Å². The third-order valence-corrected chi connectivity index (χ3v) is 3.62. The smallest absolute Gasteiger partial charge is 0.0746 e. The van der Waals surface area contributed by atoms with E-state index in [1.54, 1.807) is 6.20 Å². The molecule has 1 aromatic heterocycles. The highest BCUT2D eigenvalue weighted by atomic mass is 16.3. The predicted molar refractivity (Wildman–Crippen MR) is 72.1 cm³/mol. The number of rotatable bonds is 3. The van der Waals surface area contributed by atoms with Crippen LogP contribution in [0.25, 0.3) is 0 Å². The Bertz CT molecular complexity index is 378. The van der Waals surface area contributed by atoms with Crippen LogP contribution in [0.3, 0.4) is 0 Å². The van der Waals surface area contributed by atoms with E-state index in [1.807, 2.05) is 26.1 Å². The number of hydrogen-bond acceptors (Lipinski definition) is 4. The highest BCUT2D eigenvalue weighted by Gasteiger charge is 2.34. The van der Waals surface area contributed by atoms with Crippen molar-refractivity contribution in [2.45, 2.75) is 44.4 Å². The molecule has 1 aliphatic heterocycles. The Balaban J connectivity index is 2.21. The average molecular weight is 249 g/mol. The van der Waals surface area contributed by atoms with E-state index in [1.165, 1.54) is 0 Å². The third kappa shape index (κ3) is 3.07. The first-order chi connectivity index (χ1) is 8.49. The Kier molecular flexibility index (Phi) is 4.00. The predicted octanol–water partition coefficient (Wildman–Crippen LogP) is 1.32. The zero-order valence-electron chi connectivity index (χ0n) is 11.2. The summed E-state index contributed by atoms with van der Waals surface area (Å²) in [6.07, 6.45) is 5.52. The summed E-state index contributed by atoms with van der Waals surface area (Å²) in [5.41, 5.74) is 6.66. The first kappa shape index (κ1) is 13.5. The van der Waals surface area contributed by atoms with Gasteiger partial charge in [-0.15, -0.1) is 0 Å². The fourth-order valence-electron chi connectivity index (χ4n) is 2.89. The van der Waals surface area contributed by atoms with Gasteiger partial charge in [0, 0.05) is 25.0 Å². The largest absolute Gasteiger partial charge is 0.389 e. The SMILES string of the molecule is CC(N)C(c1cccnc1)N1CCCC(C)(O)C1. The molecule has 1 aromatic rings. The summed E-state index contributed by atoms with van der Waals surface area (Å²) in [7, 11) is 0. The molecule has 3 atom stereocenters. The number of nitrogens with two attached hydrogens (primary N) is 1. The molecular formula is C14H23N3O. The lowest BCUT2D eigenvalue weighted by Crippen LogP contribution is -2.50. The number of aliphatic hydroxyl groups is 1. The van der Waals surface area contributed by atoms with Crippen LogP contribution in [0, 0.1) is 0 Å². The molecule has 100 valence electrons. The molecule has 18 heavy (non-hydrogen) atoms. The van der Waals surface area contributed by atoms with Crippen molar-refractivity contribution in [1.29, 1.82) is 0 Å². The Morgan fingerprint density at radius 3 is 2.89 bits per heavy atom. The fourth-order valence-corrected chi connectivity index (χ4v) is 2.89. The Labute approximate surface area is 109 Å². The molecule has 0 aliphatic carbocycles. The van der Waals surface area contributed by atoms with Gasteiger partial charge in [-0.3, -0.25) is 9.88 Å². The van der Waals surface area contributed by atoms with Crippen LogP contribution < -0.4 is 5.73 Å². The molecular weight excluding hydrogens is 226 g/mol. The second kappa shape index (κ2) is 5.34. The van der Waals surface area contributed by atoms with Gasteiger partial charge >= 0.3 is 0 Å². The lowest BCUT2D eigenvalue weighted by atomic mass is 9.91. The van der Waals surface area contributed by atoms with Gasteiger partial charge < -0.3 is 10.8 Å². The van der Waals surface area contributed by atoms with Crippen molar-refractivity contribution in [3.05, 3.63) is 30.1 Å². The monoisotopic (exact) mass is 249 g/mol. The summed E-state index contributed by atoms with van der Waals surface area (Å²) in [4.78, 5) is 6.46. The summed E-state index contributed by atoms with van der Waals surface area (Å²) < 4.78 is 0. The van der Waals surface area contributed by atoms with E-state index >= 15 is 0 Å². The minimum absolute atomic E-state index is 0.0168. The van der Waals surface area contributed by atoms with Crippen LogP contribution in [0.2, 0.25) is 0 Å². The van der Waals surface area contributed by atoms with Gasteiger partial charge in [-0.2, -0.15) is 0 Å². The minimum Gasteiger partial charge on any atom is -0.389 e.